The van der Waals surface area contributed by atoms with Crippen LogP contribution in [-0.2, 0) is 23.1 Å². The first kappa shape index (κ1) is 22.2. The number of thiazole rings is 1. The van der Waals surface area contributed by atoms with Crippen molar-refractivity contribution >= 4 is 23.3 Å². The molecule has 2 aliphatic heterocycles. The number of imide groups is 1. The lowest BCUT2D eigenvalue weighted by Crippen LogP contribution is -2.41. The van der Waals surface area contributed by atoms with Crippen molar-refractivity contribution in [3.8, 4) is 22.1 Å². The fraction of sp³-hybridized carbons (Fsp3) is 0.261. The Bertz CT molecular complexity index is 1280. The van der Waals surface area contributed by atoms with E-state index in [1.165, 1.54) is 23.5 Å². The molecule has 11 heteroatoms. The van der Waals surface area contributed by atoms with Crippen LogP contribution >= 0.6 is 11.3 Å². The predicted octanol–water partition coefficient (Wildman–Crippen LogP) is 4.57. The zero-order chi connectivity index (χ0) is 24.1. The molecule has 0 radical (unpaired) electrons. The molecule has 1 aromatic heterocycles. The fourth-order valence-electron chi connectivity index (χ4n) is 3.87. The molecule has 0 spiro atoms. The van der Waals surface area contributed by atoms with Crippen LogP contribution in [0.4, 0.5) is 18.0 Å². The number of fused-ring (bicyclic) bond motifs is 1. The van der Waals surface area contributed by atoms with Gasteiger partial charge in [0, 0.05) is 10.9 Å². The number of carbonyl (C=O) groups is 2. The van der Waals surface area contributed by atoms with Crippen molar-refractivity contribution in [2.45, 2.75) is 25.2 Å². The molecule has 2 aliphatic rings. The number of aromatic nitrogens is 1. The van der Waals surface area contributed by atoms with E-state index in [0.29, 0.717) is 46.5 Å². The summed E-state index contributed by atoms with van der Waals surface area (Å²) in [5.74, 6) is 0.634. The van der Waals surface area contributed by atoms with Gasteiger partial charge in [0.15, 0.2) is 11.5 Å². The Morgan fingerprint density at radius 2 is 1.79 bits per heavy atom. The van der Waals surface area contributed by atoms with Crippen LogP contribution in [-0.4, -0.2) is 35.0 Å². The second kappa shape index (κ2) is 8.01. The number of urea groups is 1. The van der Waals surface area contributed by atoms with E-state index in [0.717, 1.165) is 17.0 Å². The van der Waals surface area contributed by atoms with Crippen molar-refractivity contribution in [3.05, 3.63) is 64.7 Å². The van der Waals surface area contributed by atoms with Gasteiger partial charge in [-0.2, -0.15) is 13.2 Å². The Balaban J connectivity index is 1.34. The molecule has 176 valence electrons. The average molecular weight is 489 g/mol. The summed E-state index contributed by atoms with van der Waals surface area (Å²) in [7, 11) is 0. The lowest BCUT2D eigenvalue weighted by Gasteiger charge is -2.25. The minimum Gasteiger partial charge on any atom is -0.486 e. The van der Waals surface area contributed by atoms with Crippen LogP contribution < -0.4 is 14.8 Å². The van der Waals surface area contributed by atoms with Gasteiger partial charge in [-0.1, -0.05) is 18.2 Å². The van der Waals surface area contributed by atoms with E-state index >= 15 is 0 Å². The number of hydrogen-bond donors (Lipinski definition) is 1. The van der Waals surface area contributed by atoms with Gasteiger partial charge >= 0.3 is 12.2 Å². The molecule has 0 aliphatic carbocycles. The van der Waals surface area contributed by atoms with Crippen LogP contribution in [0.25, 0.3) is 10.6 Å². The summed E-state index contributed by atoms with van der Waals surface area (Å²) in [5, 5.41) is 4.91. The second-order valence-electron chi connectivity index (χ2n) is 8.02. The highest BCUT2D eigenvalue weighted by Gasteiger charge is 2.49. The highest BCUT2D eigenvalue weighted by molar-refractivity contribution is 7.13. The summed E-state index contributed by atoms with van der Waals surface area (Å²) in [4.78, 5) is 31.4. The first-order chi connectivity index (χ1) is 16.1. The topological polar surface area (TPSA) is 80.8 Å². The Labute approximate surface area is 196 Å². The van der Waals surface area contributed by atoms with Gasteiger partial charge in [0.2, 0.25) is 0 Å². The van der Waals surface area contributed by atoms with Gasteiger partial charge in [0.05, 0.1) is 17.8 Å². The van der Waals surface area contributed by atoms with Gasteiger partial charge in [-0.15, -0.1) is 11.3 Å². The molecule has 0 saturated carbocycles. The molecule has 5 rings (SSSR count). The maximum absolute atomic E-state index is 13.3. The Hall–Kier alpha value is -3.60. The van der Waals surface area contributed by atoms with Crippen molar-refractivity contribution in [1.82, 2.24) is 15.2 Å². The minimum atomic E-state index is -4.42. The van der Waals surface area contributed by atoms with Gasteiger partial charge in [0.25, 0.3) is 5.91 Å². The highest BCUT2D eigenvalue weighted by Crippen LogP contribution is 2.37. The zero-order valence-electron chi connectivity index (χ0n) is 17.8. The molecule has 3 heterocycles. The number of alkyl halides is 3. The Kier molecular flexibility index (Phi) is 5.23. The van der Waals surface area contributed by atoms with Crippen molar-refractivity contribution in [2.24, 2.45) is 0 Å². The first-order valence-corrected chi connectivity index (χ1v) is 11.2. The molecular formula is C23H18F3N3O4S. The lowest BCUT2D eigenvalue weighted by molar-refractivity contribution is -0.137. The minimum absolute atomic E-state index is 0.0675. The number of hydrogen-bond acceptors (Lipinski definition) is 6. The monoisotopic (exact) mass is 489 g/mol. The molecule has 34 heavy (non-hydrogen) atoms. The summed E-state index contributed by atoms with van der Waals surface area (Å²) in [5.41, 5.74) is -0.511. The van der Waals surface area contributed by atoms with Gasteiger partial charge < -0.3 is 14.8 Å². The molecule has 0 bridgehead atoms. The summed E-state index contributed by atoms with van der Waals surface area (Å²) >= 11 is 1.22. The maximum Gasteiger partial charge on any atom is 0.416 e. The second-order valence-corrected chi connectivity index (χ2v) is 8.88. The molecule has 7 nitrogen and oxygen atoms in total. The van der Waals surface area contributed by atoms with E-state index in [1.807, 2.05) is 0 Å². The molecule has 1 fully saturated rings. The molecular weight excluding hydrogens is 471 g/mol. The molecule has 2 aromatic carbocycles. The molecule has 1 N–H and O–H groups in total. The van der Waals surface area contributed by atoms with Crippen LogP contribution in [0.3, 0.4) is 0 Å². The van der Waals surface area contributed by atoms with E-state index in [-0.39, 0.29) is 6.54 Å². The van der Waals surface area contributed by atoms with Crippen molar-refractivity contribution in [3.63, 3.8) is 0 Å². The van der Waals surface area contributed by atoms with E-state index < -0.39 is 29.2 Å². The number of ether oxygens (including phenoxy) is 2. The molecule has 1 saturated heterocycles. The fourth-order valence-corrected chi connectivity index (χ4v) is 4.68. The molecule has 1 unspecified atom stereocenters. The Morgan fingerprint density at radius 1 is 1.09 bits per heavy atom. The number of rotatable bonds is 4. The van der Waals surface area contributed by atoms with E-state index in [1.54, 1.807) is 30.5 Å². The quantitative estimate of drug-likeness (QED) is 0.544. The molecule has 3 amide bonds. The standard InChI is InChI=1S/C23H18F3N3O4S/c1-22(15-6-7-17-18(10-15)33-9-8-32-17)20(30)29(21(31)28-22)11-16-12-34-19(27-16)13-2-4-14(5-3-13)23(24,25)26/h2-7,10,12H,8-9,11H2,1H3,(H,28,31). The largest absolute Gasteiger partial charge is 0.486 e. The number of halogens is 3. The Morgan fingerprint density at radius 3 is 2.50 bits per heavy atom. The number of carbonyl (C=O) groups excluding carboxylic acids is 2. The smallest absolute Gasteiger partial charge is 0.416 e. The van der Waals surface area contributed by atoms with Crippen molar-refractivity contribution < 1.29 is 32.2 Å². The predicted molar refractivity (Wildman–Crippen MR) is 116 cm³/mol. The lowest BCUT2D eigenvalue weighted by atomic mass is 9.91. The van der Waals surface area contributed by atoms with E-state index in [4.69, 9.17) is 9.47 Å². The van der Waals surface area contributed by atoms with Crippen LogP contribution in [0.2, 0.25) is 0 Å². The average Bonchev–Trinajstić information content (AvgIpc) is 3.37. The summed E-state index contributed by atoms with van der Waals surface area (Å²) in [6.07, 6.45) is -4.42. The molecule has 1 atom stereocenters. The normalized spacial score (nSPS) is 19.9. The summed E-state index contributed by atoms with van der Waals surface area (Å²) in [6, 6.07) is 9.21. The number of nitrogens with one attached hydrogen (secondary N) is 1. The highest BCUT2D eigenvalue weighted by atomic mass is 32.1. The van der Waals surface area contributed by atoms with Gasteiger partial charge in [-0.05, 0) is 36.8 Å². The van der Waals surface area contributed by atoms with E-state index in [9.17, 15) is 22.8 Å². The third kappa shape index (κ3) is 3.85. The number of amides is 3. The van der Waals surface area contributed by atoms with Crippen LogP contribution in [0.15, 0.2) is 47.8 Å². The van der Waals surface area contributed by atoms with Crippen LogP contribution in [0.1, 0.15) is 23.7 Å². The number of benzene rings is 2. The van der Waals surface area contributed by atoms with Gasteiger partial charge in [-0.25, -0.2) is 9.78 Å². The first-order valence-electron chi connectivity index (χ1n) is 10.3. The summed E-state index contributed by atoms with van der Waals surface area (Å²) in [6.45, 7) is 2.38. The van der Waals surface area contributed by atoms with Gasteiger partial charge in [-0.3, -0.25) is 9.69 Å². The third-order valence-electron chi connectivity index (χ3n) is 5.73. The molecule has 3 aromatic rings. The number of nitrogens with zero attached hydrogens (tertiary/aromatic N) is 2. The van der Waals surface area contributed by atoms with Crippen LogP contribution in [0.5, 0.6) is 11.5 Å². The summed E-state index contributed by atoms with van der Waals surface area (Å²) < 4.78 is 49.5. The van der Waals surface area contributed by atoms with Crippen LogP contribution in [0, 0.1) is 0 Å². The maximum atomic E-state index is 13.3. The van der Waals surface area contributed by atoms with Crippen molar-refractivity contribution in [1.29, 1.82) is 0 Å². The SMILES string of the molecule is CC1(c2ccc3c(c2)OCCO3)NC(=O)N(Cc2csc(-c3ccc(C(F)(F)F)cc3)n2)C1=O. The van der Waals surface area contributed by atoms with Gasteiger partial charge in [0.1, 0.15) is 23.8 Å². The zero-order valence-corrected chi connectivity index (χ0v) is 18.6. The third-order valence-corrected chi connectivity index (χ3v) is 6.67. The van der Waals surface area contributed by atoms with E-state index in [2.05, 4.69) is 10.3 Å². The van der Waals surface area contributed by atoms with Crippen molar-refractivity contribution in [2.75, 3.05) is 13.2 Å².